The van der Waals surface area contributed by atoms with Crippen LogP contribution >= 0.6 is 11.3 Å². The summed E-state index contributed by atoms with van der Waals surface area (Å²) in [6, 6.07) is 2.14. The molecule has 0 unspecified atom stereocenters. The summed E-state index contributed by atoms with van der Waals surface area (Å²) < 4.78 is 5.73. The Morgan fingerprint density at radius 3 is 2.85 bits per heavy atom. The highest BCUT2D eigenvalue weighted by molar-refractivity contribution is 7.12. The number of carbonyl (C=O) groups is 1. The Labute approximate surface area is 124 Å². The molecule has 2 N–H and O–H groups in total. The smallest absolute Gasteiger partial charge is 0.222 e. The number of amides is 1. The third-order valence-corrected chi connectivity index (χ3v) is 4.80. The number of hydrogen-bond acceptors (Lipinski definition) is 4. The number of piperidine rings is 1. The predicted molar refractivity (Wildman–Crippen MR) is 82.1 cm³/mol. The molecule has 1 aromatic heterocycles. The fourth-order valence-electron chi connectivity index (χ4n) is 2.29. The third kappa shape index (κ3) is 4.89. The molecular formula is C15H24N2O2S. The zero-order valence-electron chi connectivity index (χ0n) is 12.3. The van der Waals surface area contributed by atoms with Gasteiger partial charge in [0.25, 0.3) is 0 Å². The van der Waals surface area contributed by atoms with E-state index in [-0.39, 0.29) is 5.91 Å². The van der Waals surface area contributed by atoms with E-state index in [1.165, 1.54) is 15.3 Å². The molecule has 2 rings (SSSR count). The molecule has 0 aliphatic carbocycles. The van der Waals surface area contributed by atoms with E-state index in [2.05, 4.69) is 30.5 Å². The highest BCUT2D eigenvalue weighted by Gasteiger charge is 2.13. The maximum absolute atomic E-state index is 11.8. The van der Waals surface area contributed by atoms with Crippen LogP contribution in [-0.2, 0) is 16.1 Å². The molecule has 20 heavy (non-hydrogen) atoms. The van der Waals surface area contributed by atoms with E-state index in [9.17, 15) is 4.79 Å². The van der Waals surface area contributed by atoms with Crippen molar-refractivity contribution in [1.82, 2.24) is 10.6 Å². The van der Waals surface area contributed by atoms with Gasteiger partial charge in [-0.25, -0.2) is 0 Å². The lowest BCUT2D eigenvalue weighted by atomic mass is 10.1. The lowest BCUT2D eigenvalue weighted by Gasteiger charge is -2.22. The summed E-state index contributed by atoms with van der Waals surface area (Å²) in [6.45, 7) is 7.41. The Morgan fingerprint density at radius 2 is 2.20 bits per heavy atom. The molecule has 0 spiro atoms. The molecule has 0 bridgehead atoms. The van der Waals surface area contributed by atoms with Crippen molar-refractivity contribution in [2.45, 2.75) is 45.8 Å². The molecule has 5 heteroatoms. The van der Waals surface area contributed by atoms with Gasteiger partial charge >= 0.3 is 0 Å². The fraction of sp³-hybridized carbons (Fsp3) is 0.667. The van der Waals surface area contributed by atoms with E-state index in [1.54, 1.807) is 11.3 Å². The number of ether oxygens (including phenoxy) is 1. The van der Waals surface area contributed by atoms with E-state index in [1.807, 2.05) is 0 Å². The van der Waals surface area contributed by atoms with Crippen molar-refractivity contribution in [1.29, 1.82) is 0 Å². The molecule has 2 heterocycles. The molecule has 1 aromatic rings. The van der Waals surface area contributed by atoms with Gasteiger partial charge in [-0.15, -0.1) is 11.3 Å². The average molecular weight is 296 g/mol. The Balaban J connectivity index is 1.60. The van der Waals surface area contributed by atoms with Crippen molar-refractivity contribution in [3.63, 3.8) is 0 Å². The summed E-state index contributed by atoms with van der Waals surface area (Å²) in [5.41, 5.74) is 1.30. The van der Waals surface area contributed by atoms with Crippen LogP contribution in [0.2, 0.25) is 0 Å². The van der Waals surface area contributed by atoms with Crippen molar-refractivity contribution in [2.24, 2.45) is 0 Å². The van der Waals surface area contributed by atoms with Gasteiger partial charge in [-0.2, -0.15) is 0 Å². The normalized spacial score (nSPS) is 16.3. The Bertz CT molecular complexity index is 420. The zero-order chi connectivity index (χ0) is 14.4. The van der Waals surface area contributed by atoms with Crippen LogP contribution in [-0.4, -0.2) is 31.7 Å². The molecule has 1 aliphatic rings. The van der Waals surface area contributed by atoms with E-state index in [0.29, 0.717) is 25.7 Å². The lowest BCUT2D eigenvalue weighted by Crippen LogP contribution is -2.33. The quantitative estimate of drug-likeness (QED) is 0.845. The minimum Gasteiger partial charge on any atom is -0.378 e. The summed E-state index contributed by atoms with van der Waals surface area (Å²) in [5.74, 6) is 0.0719. The second kappa shape index (κ2) is 7.76. The molecule has 112 valence electrons. The standard InChI is InChI=1S/C15H24N2O2S/c1-11-9-14(20-12(11)2)10-17-15(18)5-8-19-13-3-6-16-7-4-13/h9,13,16H,3-8,10H2,1-2H3,(H,17,18). The summed E-state index contributed by atoms with van der Waals surface area (Å²) in [6.07, 6.45) is 2.88. The molecule has 0 aromatic carbocycles. The van der Waals surface area contributed by atoms with Crippen LogP contribution in [0.3, 0.4) is 0 Å². The molecule has 0 saturated carbocycles. The maximum Gasteiger partial charge on any atom is 0.222 e. The van der Waals surface area contributed by atoms with Crippen LogP contribution in [0.25, 0.3) is 0 Å². The van der Waals surface area contributed by atoms with Gasteiger partial charge in [0.2, 0.25) is 5.91 Å². The Kier molecular flexibility index (Phi) is 6.01. The van der Waals surface area contributed by atoms with Gasteiger partial charge in [-0.05, 0) is 51.4 Å². The first kappa shape index (κ1) is 15.5. The molecule has 1 aliphatic heterocycles. The maximum atomic E-state index is 11.8. The first-order valence-electron chi connectivity index (χ1n) is 7.30. The SMILES string of the molecule is Cc1cc(CNC(=O)CCOC2CCNCC2)sc1C. The predicted octanol–water partition coefficient (Wildman–Crippen LogP) is 2.14. The van der Waals surface area contributed by atoms with Gasteiger partial charge in [-0.3, -0.25) is 4.79 Å². The molecule has 1 saturated heterocycles. The van der Waals surface area contributed by atoms with Crippen molar-refractivity contribution < 1.29 is 9.53 Å². The van der Waals surface area contributed by atoms with Crippen molar-refractivity contribution >= 4 is 17.2 Å². The van der Waals surface area contributed by atoms with E-state index in [0.717, 1.165) is 25.9 Å². The minimum atomic E-state index is 0.0719. The summed E-state index contributed by atoms with van der Waals surface area (Å²) in [5, 5.41) is 6.26. The van der Waals surface area contributed by atoms with E-state index in [4.69, 9.17) is 4.74 Å². The molecule has 4 nitrogen and oxygen atoms in total. The van der Waals surface area contributed by atoms with Crippen LogP contribution in [0.4, 0.5) is 0 Å². The first-order valence-corrected chi connectivity index (χ1v) is 8.11. The molecule has 1 fully saturated rings. The molecule has 0 radical (unpaired) electrons. The van der Waals surface area contributed by atoms with E-state index < -0.39 is 0 Å². The van der Waals surface area contributed by atoms with Crippen LogP contribution in [0.5, 0.6) is 0 Å². The fourth-order valence-corrected chi connectivity index (χ4v) is 3.28. The third-order valence-electron chi connectivity index (χ3n) is 3.65. The first-order chi connectivity index (χ1) is 9.65. The zero-order valence-corrected chi connectivity index (χ0v) is 13.1. The van der Waals surface area contributed by atoms with Crippen LogP contribution in [0.15, 0.2) is 6.07 Å². The second-order valence-electron chi connectivity index (χ2n) is 5.30. The van der Waals surface area contributed by atoms with Crippen molar-refractivity contribution in [3.8, 4) is 0 Å². The number of nitrogens with one attached hydrogen (secondary N) is 2. The second-order valence-corrected chi connectivity index (χ2v) is 6.64. The number of aryl methyl sites for hydroxylation is 2. The Morgan fingerprint density at radius 1 is 1.45 bits per heavy atom. The van der Waals surface area contributed by atoms with Crippen molar-refractivity contribution in [3.05, 3.63) is 21.4 Å². The topological polar surface area (TPSA) is 50.4 Å². The average Bonchev–Trinajstić information content (AvgIpc) is 2.77. The molecular weight excluding hydrogens is 272 g/mol. The number of thiophene rings is 1. The van der Waals surface area contributed by atoms with E-state index >= 15 is 0 Å². The summed E-state index contributed by atoms with van der Waals surface area (Å²) in [7, 11) is 0. The minimum absolute atomic E-state index is 0.0719. The molecule has 0 atom stereocenters. The Hall–Kier alpha value is -0.910. The van der Waals surface area contributed by atoms with Crippen molar-refractivity contribution in [2.75, 3.05) is 19.7 Å². The van der Waals surface area contributed by atoms with Gasteiger partial charge < -0.3 is 15.4 Å². The van der Waals surface area contributed by atoms with Crippen LogP contribution < -0.4 is 10.6 Å². The largest absolute Gasteiger partial charge is 0.378 e. The summed E-state index contributed by atoms with van der Waals surface area (Å²) in [4.78, 5) is 14.3. The number of carbonyl (C=O) groups excluding carboxylic acids is 1. The van der Waals surface area contributed by atoms with Crippen LogP contribution in [0, 0.1) is 13.8 Å². The monoisotopic (exact) mass is 296 g/mol. The highest BCUT2D eigenvalue weighted by Crippen LogP contribution is 2.20. The molecule has 1 amide bonds. The highest BCUT2D eigenvalue weighted by atomic mass is 32.1. The number of hydrogen-bond donors (Lipinski definition) is 2. The van der Waals surface area contributed by atoms with Gasteiger partial charge in [0.15, 0.2) is 0 Å². The number of rotatable bonds is 6. The van der Waals surface area contributed by atoms with Crippen LogP contribution in [0.1, 0.15) is 34.6 Å². The van der Waals surface area contributed by atoms with Gasteiger partial charge in [0.05, 0.1) is 19.3 Å². The van der Waals surface area contributed by atoms with Gasteiger partial charge in [0, 0.05) is 16.2 Å². The summed E-state index contributed by atoms with van der Waals surface area (Å²) >= 11 is 1.75. The van der Waals surface area contributed by atoms with Gasteiger partial charge in [-0.1, -0.05) is 0 Å². The van der Waals surface area contributed by atoms with Gasteiger partial charge in [0.1, 0.15) is 0 Å². The lowest BCUT2D eigenvalue weighted by molar-refractivity contribution is -0.122.